The number of rotatable bonds is 8. The number of nitrogens with zero attached hydrogens (tertiary/aromatic N) is 3. The molecular formula is C21H20ClN3O2S. The van der Waals surface area contributed by atoms with Crippen LogP contribution < -0.4 is 4.74 Å². The minimum absolute atomic E-state index is 0.0146. The Labute approximate surface area is 173 Å². The fourth-order valence-corrected chi connectivity index (χ4v) is 3.75. The van der Waals surface area contributed by atoms with Gasteiger partial charge < -0.3 is 4.74 Å². The third-order valence-electron chi connectivity index (χ3n) is 4.16. The number of methoxy groups -OCH3 is 1. The summed E-state index contributed by atoms with van der Waals surface area (Å²) in [5.74, 6) is 1.51. The highest BCUT2D eigenvalue weighted by Gasteiger charge is 2.21. The third-order valence-corrected chi connectivity index (χ3v) is 5.49. The number of benzene rings is 2. The van der Waals surface area contributed by atoms with Crippen molar-refractivity contribution in [3.8, 4) is 17.1 Å². The lowest BCUT2D eigenvalue weighted by Gasteiger charge is -2.12. The van der Waals surface area contributed by atoms with E-state index in [1.54, 1.807) is 37.5 Å². The maximum absolute atomic E-state index is 12.7. The molecule has 1 atom stereocenters. The largest absolute Gasteiger partial charge is 0.497 e. The second-order valence-electron chi connectivity index (χ2n) is 6.07. The van der Waals surface area contributed by atoms with Crippen molar-refractivity contribution in [3.63, 3.8) is 0 Å². The molecule has 144 valence electrons. The number of thioether (sulfide) groups is 1. The van der Waals surface area contributed by atoms with Crippen LogP contribution in [0.25, 0.3) is 11.4 Å². The highest BCUT2D eigenvalue weighted by atomic mass is 35.5. The van der Waals surface area contributed by atoms with E-state index in [2.05, 4.69) is 16.8 Å². The van der Waals surface area contributed by atoms with E-state index in [9.17, 15) is 4.79 Å². The van der Waals surface area contributed by atoms with Crippen LogP contribution in [0.2, 0.25) is 5.02 Å². The number of carbonyl (C=O) groups is 1. The van der Waals surface area contributed by atoms with E-state index in [1.807, 2.05) is 35.8 Å². The van der Waals surface area contributed by atoms with Crippen LogP contribution in [-0.4, -0.2) is 32.9 Å². The molecule has 0 saturated carbocycles. The molecule has 0 saturated heterocycles. The maximum Gasteiger partial charge on any atom is 0.192 e. The molecule has 0 bridgehead atoms. The number of carbonyl (C=O) groups excluding carboxylic acids is 1. The minimum atomic E-state index is -0.322. The van der Waals surface area contributed by atoms with Crippen molar-refractivity contribution < 1.29 is 9.53 Å². The SMILES string of the molecule is C=CCn1c(S[C@H](C)C(=O)c2ccc(Cl)cc2)nnc1-c1ccc(OC)cc1. The maximum atomic E-state index is 12.7. The van der Waals surface area contributed by atoms with Gasteiger partial charge in [0.15, 0.2) is 16.8 Å². The minimum Gasteiger partial charge on any atom is -0.497 e. The number of allylic oxidation sites excluding steroid dienone is 1. The second-order valence-corrected chi connectivity index (χ2v) is 7.81. The molecule has 0 aliphatic carbocycles. The first-order chi connectivity index (χ1) is 13.5. The van der Waals surface area contributed by atoms with Crippen molar-refractivity contribution in [2.75, 3.05) is 7.11 Å². The van der Waals surface area contributed by atoms with E-state index in [0.717, 1.165) is 17.1 Å². The Morgan fingerprint density at radius 2 is 1.89 bits per heavy atom. The van der Waals surface area contributed by atoms with Gasteiger partial charge in [0.25, 0.3) is 0 Å². The lowest BCUT2D eigenvalue weighted by atomic mass is 10.1. The predicted molar refractivity (Wildman–Crippen MR) is 113 cm³/mol. The Balaban J connectivity index is 1.85. The molecule has 5 nitrogen and oxygen atoms in total. The van der Waals surface area contributed by atoms with Crippen LogP contribution in [0.4, 0.5) is 0 Å². The van der Waals surface area contributed by atoms with Gasteiger partial charge in [-0.1, -0.05) is 29.4 Å². The first-order valence-electron chi connectivity index (χ1n) is 8.68. The number of Topliss-reactive ketones (excluding diaryl/α,β-unsaturated/α-hetero) is 1. The Bertz CT molecular complexity index is 968. The van der Waals surface area contributed by atoms with Gasteiger partial charge in [-0.25, -0.2) is 0 Å². The summed E-state index contributed by atoms with van der Waals surface area (Å²) in [4.78, 5) is 12.7. The van der Waals surface area contributed by atoms with Crippen LogP contribution in [0.1, 0.15) is 17.3 Å². The van der Waals surface area contributed by atoms with Crippen molar-refractivity contribution >= 4 is 29.1 Å². The van der Waals surface area contributed by atoms with Crippen molar-refractivity contribution in [1.29, 1.82) is 0 Å². The molecule has 0 amide bonds. The fourth-order valence-electron chi connectivity index (χ4n) is 2.68. The molecule has 0 N–H and O–H groups in total. The molecule has 0 aliphatic rings. The average Bonchev–Trinajstić information content (AvgIpc) is 3.10. The predicted octanol–water partition coefficient (Wildman–Crippen LogP) is 5.16. The Morgan fingerprint density at radius 1 is 1.21 bits per heavy atom. The standard InChI is InChI=1S/C21H20ClN3O2S/c1-4-13-25-20(16-7-11-18(27-3)12-8-16)23-24-21(25)28-14(2)19(26)15-5-9-17(22)10-6-15/h4-12,14H,1,13H2,2-3H3/t14-/m1/s1. The molecule has 0 aliphatic heterocycles. The zero-order valence-corrected chi connectivity index (χ0v) is 17.2. The molecular weight excluding hydrogens is 394 g/mol. The summed E-state index contributed by atoms with van der Waals surface area (Å²) in [5, 5.41) is 9.59. The third kappa shape index (κ3) is 4.46. The van der Waals surface area contributed by atoms with E-state index in [0.29, 0.717) is 22.3 Å². The van der Waals surface area contributed by atoms with E-state index in [1.165, 1.54) is 11.8 Å². The smallest absolute Gasteiger partial charge is 0.192 e. The van der Waals surface area contributed by atoms with Crippen LogP contribution in [0, 0.1) is 0 Å². The van der Waals surface area contributed by atoms with Crippen LogP contribution in [0.15, 0.2) is 66.3 Å². The van der Waals surface area contributed by atoms with E-state index >= 15 is 0 Å². The summed E-state index contributed by atoms with van der Waals surface area (Å²) in [6.45, 7) is 6.23. The molecule has 28 heavy (non-hydrogen) atoms. The fraction of sp³-hybridized carbons (Fsp3) is 0.190. The lowest BCUT2D eigenvalue weighted by Crippen LogP contribution is -2.14. The van der Waals surface area contributed by atoms with E-state index in [4.69, 9.17) is 16.3 Å². The van der Waals surface area contributed by atoms with Crippen LogP contribution >= 0.6 is 23.4 Å². The number of halogens is 1. The summed E-state index contributed by atoms with van der Waals surface area (Å²) >= 11 is 7.28. The van der Waals surface area contributed by atoms with Crippen molar-refractivity contribution in [2.45, 2.75) is 23.9 Å². The molecule has 7 heteroatoms. The summed E-state index contributed by atoms with van der Waals surface area (Å²) in [7, 11) is 1.63. The van der Waals surface area contributed by atoms with Gasteiger partial charge in [0.2, 0.25) is 0 Å². The van der Waals surface area contributed by atoms with E-state index in [-0.39, 0.29) is 11.0 Å². The quantitative estimate of drug-likeness (QED) is 0.290. The topological polar surface area (TPSA) is 57.0 Å². The van der Waals surface area contributed by atoms with E-state index < -0.39 is 0 Å². The molecule has 2 aromatic carbocycles. The first kappa shape index (κ1) is 20.2. The summed E-state index contributed by atoms with van der Waals surface area (Å²) < 4.78 is 7.16. The number of hydrogen-bond acceptors (Lipinski definition) is 5. The lowest BCUT2D eigenvalue weighted by molar-refractivity contribution is 0.0994. The molecule has 3 rings (SSSR count). The first-order valence-corrected chi connectivity index (χ1v) is 9.94. The van der Waals surface area contributed by atoms with Gasteiger partial charge in [-0.2, -0.15) is 0 Å². The molecule has 0 fully saturated rings. The van der Waals surface area contributed by atoms with Gasteiger partial charge >= 0.3 is 0 Å². The number of hydrogen-bond donors (Lipinski definition) is 0. The van der Waals surface area contributed by atoms with Gasteiger partial charge in [-0.3, -0.25) is 9.36 Å². The zero-order valence-electron chi connectivity index (χ0n) is 15.6. The molecule has 3 aromatic rings. The van der Waals surface area contributed by atoms with Crippen molar-refractivity contribution in [1.82, 2.24) is 14.8 Å². The average molecular weight is 414 g/mol. The van der Waals surface area contributed by atoms with Gasteiger partial charge in [-0.05, 0) is 55.5 Å². The van der Waals surface area contributed by atoms with Gasteiger partial charge in [0.05, 0.1) is 12.4 Å². The molecule has 0 spiro atoms. The van der Waals surface area contributed by atoms with Crippen LogP contribution in [0.5, 0.6) is 5.75 Å². The Morgan fingerprint density at radius 3 is 2.50 bits per heavy atom. The van der Waals surface area contributed by atoms with Crippen molar-refractivity contribution in [3.05, 3.63) is 71.8 Å². The normalized spacial score (nSPS) is 11.8. The molecule has 0 radical (unpaired) electrons. The summed E-state index contributed by atoms with van der Waals surface area (Å²) in [5.41, 5.74) is 1.54. The monoisotopic (exact) mass is 413 g/mol. The highest BCUT2D eigenvalue weighted by molar-refractivity contribution is 8.00. The number of aromatic nitrogens is 3. The molecule has 0 unspecified atom stereocenters. The number of ketones is 1. The van der Waals surface area contributed by atoms with Gasteiger partial charge in [0.1, 0.15) is 5.75 Å². The summed E-state index contributed by atoms with van der Waals surface area (Å²) in [6.07, 6.45) is 1.78. The Kier molecular flexibility index (Phi) is 6.54. The van der Waals surface area contributed by atoms with Gasteiger partial charge in [-0.15, -0.1) is 16.8 Å². The van der Waals surface area contributed by atoms with Gasteiger partial charge in [0, 0.05) is 22.7 Å². The van der Waals surface area contributed by atoms with Crippen molar-refractivity contribution in [2.24, 2.45) is 0 Å². The highest BCUT2D eigenvalue weighted by Crippen LogP contribution is 2.29. The molecule has 1 heterocycles. The van der Waals surface area contributed by atoms with Crippen LogP contribution in [-0.2, 0) is 6.54 Å². The zero-order chi connectivity index (χ0) is 20.1. The Hall–Kier alpha value is -2.57. The molecule has 1 aromatic heterocycles. The summed E-state index contributed by atoms with van der Waals surface area (Å²) in [6, 6.07) is 14.5. The van der Waals surface area contributed by atoms with Crippen LogP contribution in [0.3, 0.4) is 0 Å². The number of ether oxygens (including phenoxy) is 1. The second kappa shape index (κ2) is 9.08.